The molecule has 3 aromatic rings. The minimum absolute atomic E-state index is 0.0744. The van der Waals surface area contributed by atoms with Gasteiger partial charge in [-0.1, -0.05) is 66.7 Å². The third-order valence-corrected chi connectivity index (χ3v) is 4.48. The molecule has 1 heterocycles. The zero-order valence-corrected chi connectivity index (χ0v) is 15.5. The zero-order valence-electron chi connectivity index (χ0n) is 15.5. The van der Waals surface area contributed by atoms with Gasteiger partial charge in [0.1, 0.15) is 0 Å². The summed E-state index contributed by atoms with van der Waals surface area (Å²) in [5, 5.41) is 6.11. The highest BCUT2D eigenvalue weighted by Crippen LogP contribution is 2.19. The van der Waals surface area contributed by atoms with Crippen molar-refractivity contribution in [2.45, 2.75) is 31.8 Å². The molecule has 0 bridgehead atoms. The number of benzene rings is 2. The van der Waals surface area contributed by atoms with Crippen LogP contribution >= 0.6 is 0 Å². The molecule has 0 unspecified atom stereocenters. The van der Waals surface area contributed by atoms with E-state index < -0.39 is 0 Å². The number of amides is 2. The molecular formula is C23H25N3O. The molecule has 3 rings (SSSR count). The van der Waals surface area contributed by atoms with Gasteiger partial charge in [0.2, 0.25) is 0 Å². The van der Waals surface area contributed by atoms with E-state index in [2.05, 4.69) is 27.8 Å². The fourth-order valence-corrected chi connectivity index (χ4v) is 3.02. The lowest BCUT2D eigenvalue weighted by molar-refractivity contribution is 0.234. The summed E-state index contributed by atoms with van der Waals surface area (Å²) < 4.78 is 0. The van der Waals surface area contributed by atoms with Crippen LogP contribution in [0.5, 0.6) is 0 Å². The van der Waals surface area contributed by atoms with Gasteiger partial charge in [0.25, 0.3) is 0 Å². The number of hydrogen-bond acceptors (Lipinski definition) is 2. The van der Waals surface area contributed by atoms with E-state index in [0.717, 1.165) is 24.1 Å². The van der Waals surface area contributed by atoms with E-state index in [0.29, 0.717) is 0 Å². The molecule has 0 aliphatic heterocycles. The highest BCUT2D eigenvalue weighted by atomic mass is 16.2. The number of urea groups is 1. The molecule has 1 aromatic heterocycles. The number of rotatable bonds is 7. The van der Waals surface area contributed by atoms with Gasteiger partial charge in [0.05, 0.1) is 11.7 Å². The van der Waals surface area contributed by atoms with Crippen molar-refractivity contribution in [1.82, 2.24) is 15.6 Å². The predicted molar refractivity (Wildman–Crippen MR) is 108 cm³/mol. The summed E-state index contributed by atoms with van der Waals surface area (Å²) in [5.74, 6) is 0. The van der Waals surface area contributed by atoms with Crippen molar-refractivity contribution in [3.63, 3.8) is 0 Å². The van der Waals surface area contributed by atoms with Crippen molar-refractivity contribution in [2.24, 2.45) is 0 Å². The van der Waals surface area contributed by atoms with Crippen molar-refractivity contribution in [1.29, 1.82) is 0 Å². The molecule has 27 heavy (non-hydrogen) atoms. The number of aromatic nitrogens is 1. The molecule has 4 heteroatoms. The summed E-state index contributed by atoms with van der Waals surface area (Å²) in [5.41, 5.74) is 3.10. The molecule has 0 fully saturated rings. The van der Waals surface area contributed by atoms with Gasteiger partial charge in [0.15, 0.2) is 0 Å². The van der Waals surface area contributed by atoms with E-state index in [1.54, 1.807) is 6.20 Å². The highest BCUT2D eigenvalue weighted by Gasteiger charge is 2.18. The van der Waals surface area contributed by atoms with Gasteiger partial charge in [-0.15, -0.1) is 0 Å². The molecule has 2 aromatic carbocycles. The number of nitrogens with one attached hydrogen (secondary N) is 2. The fraction of sp³-hybridized carbons (Fsp3) is 0.217. The molecule has 0 saturated carbocycles. The Bertz CT molecular complexity index is 783. The Hall–Kier alpha value is -3.14. The van der Waals surface area contributed by atoms with E-state index in [1.165, 1.54) is 5.56 Å². The first kappa shape index (κ1) is 18.6. The van der Waals surface area contributed by atoms with Crippen LogP contribution in [0.25, 0.3) is 0 Å². The maximum Gasteiger partial charge on any atom is 0.315 e. The van der Waals surface area contributed by atoms with Crippen LogP contribution in [0.1, 0.15) is 36.2 Å². The Labute approximate surface area is 160 Å². The molecule has 0 spiro atoms. The Morgan fingerprint density at radius 3 is 2.22 bits per heavy atom. The maximum atomic E-state index is 12.6. The summed E-state index contributed by atoms with van der Waals surface area (Å²) in [6.07, 6.45) is 3.56. The van der Waals surface area contributed by atoms with E-state index in [9.17, 15) is 4.79 Å². The molecule has 0 aliphatic rings. The van der Waals surface area contributed by atoms with Gasteiger partial charge in [-0.2, -0.15) is 0 Å². The summed E-state index contributed by atoms with van der Waals surface area (Å²) in [6, 6.07) is 25.5. The second kappa shape index (κ2) is 9.53. The molecule has 0 radical (unpaired) electrons. The smallest absolute Gasteiger partial charge is 0.315 e. The molecule has 2 atom stereocenters. The number of nitrogens with zero attached hydrogens (tertiary/aromatic N) is 1. The largest absolute Gasteiger partial charge is 0.336 e. The van der Waals surface area contributed by atoms with Crippen molar-refractivity contribution >= 4 is 6.03 Å². The topological polar surface area (TPSA) is 54.0 Å². The molecular weight excluding hydrogens is 334 g/mol. The van der Waals surface area contributed by atoms with Gasteiger partial charge in [-0.05, 0) is 43.0 Å². The van der Waals surface area contributed by atoms with Crippen LogP contribution in [-0.2, 0) is 6.42 Å². The van der Waals surface area contributed by atoms with Crippen molar-refractivity contribution in [3.05, 3.63) is 102 Å². The summed E-state index contributed by atoms with van der Waals surface area (Å²) in [6.45, 7) is 2.03. The average Bonchev–Trinajstić information content (AvgIpc) is 2.72. The van der Waals surface area contributed by atoms with Crippen LogP contribution in [0.15, 0.2) is 85.1 Å². The highest BCUT2D eigenvalue weighted by molar-refractivity contribution is 5.75. The van der Waals surface area contributed by atoms with Gasteiger partial charge < -0.3 is 10.6 Å². The van der Waals surface area contributed by atoms with Gasteiger partial charge in [-0.3, -0.25) is 4.98 Å². The predicted octanol–water partition coefficient (Wildman–Crippen LogP) is 4.49. The van der Waals surface area contributed by atoms with Crippen molar-refractivity contribution < 1.29 is 4.79 Å². The third-order valence-electron chi connectivity index (χ3n) is 4.48. The summed E-state index contributed by atoms with van der Waals surface area (Å²) in [4.78, 5) is 17.0. The van der Waals surface area contributed by atoms with Gasteiger partial charge >= 0.3 is 6.03 Å². The lowest BCUT2D eigenvalue weighted by atomic mass is 10.0. The fourth-order valence-electron chi connectivity index (χ4n) is 3.02. The second-order valence-electron chi connectivity index (χ2n) is 6.64. The van der Waals surface area contributed by atoms with E-state index in [1.807, 2.05) is 73.7 Å². The molecule has 0 saturated heterocycles. The number of aryl methyl sites for hydroxylation is 1. The van der Waals surface area contributed by atoms with Crippen LogP contribution in [0, 0.1) is 0 Å². The van der Waals surface area contributed by atoms with Crippen LogP contribution in [0.4, 0.5) is 4.79 Å². The maximum absolute atomic E-state index is 12.6. The molecule has 2 N–H and O–H groups in total. The Morgan fingerprint density at radius 2 is 1.56 bits per heavy atom. The lowest BCUT2D eigenvalue weighted by Crippen LogP contribution is -2.43. The number of pyridine rings is 1. The summed E-state index contributed by atoms with van der Waals surface area (Å²) >= 11 is 0. The van der Waals surface area contributed by atoms with E-state index >= 15 is 0 Å². The van der Waals surface area contributed by atoms with Crippen LogP contribution < -0.4 is 10.6 Å². The standard InChI is InChI=1S/C23H25N3O/c1-18(15-16-19-10-4-2-5-11-19)25-23(27)26-22(20-12-6-3-7-13-20)21-14-8-9-17-24-21/h2-14,17-18,22H,15-16H2,1H3,(H2,25,26,27)/t18-,22-/m1/s1. The quantitative estimate of drug-likeness (QED) is 0.653. The minimum Gasteiger partial charge on any atom is -0.336 e. The summed E-state index contributed by atoms with van der Waals surface area (Å²) in [7, 11) is 0. The number of hydrogen-bond donors (Lipinski definition) is 2. The zero-order chi connectivity index (χ0) is 18.9. The minimum atomic E-state index is -0.284. The first-order valence-corrected chi connectivity index (χ1v) is 9.29. The Kier molecular flexibility index (Phi) is 6.58. The molecule has 138 valence electrons. The molecule has 0 aliphatic carbocycles. The first-order valence-electron chi connectivity index (χ1n) is 9.29. The van der Waals surface area contributed by atoms with Gasteiger partial charge in [0, 0.05) is 12.2 Å². The SMILES string of the molecule is C[C@H](CCc1ccccc1)NC(=O)N[C@H](c1ccccc1)c1ccccn1. The van der Waals surface area contributed by atoms with Gasteiger partial charge in [-0.25, -0.2) is 4.79 Å². The lowest BCUT2D eigenvalue weighted by Gasteiger charge is -2.21. The Balaban J connectivity index is 1.61. The van der Waals surface area contributed by atoms with Crippen LogP contribution in [0.2, 0.25) is 0 Å². The van der Waals surface area contributed by atoms with Crippen LogP contribution in [0.3, 0.4) is 0 Å². The van der Waals surface area contributed by atoms with Crippen LogP contribution in [-0.4, -0.2) is 17.1 Å². The van der Waals surface area contributed by atoms with Crippen molar-refractivity contribution in [2.75, 3.05) is 0 Å². The third kappa shape index (κ3) is 5.68. The molecule has 4 nitrogen and oxygen atoms in total. The van der Waals surface area contributed by atoms with Crippen molar-refractivity contribution in [3.8, 4) is 0 Å². The monoisotopic (exact) mass is 359 g/mol. The molecule has 2 amide bonds. The average molecular weight is 359 g/mol. The number of carbonyl (C=O) groups is 1. The Morgan fingerprint density at radius 1 is 0.889 bits per heavy atom. The van der Waals surface area contributed by atoms with E-state index in [4.69, 9.17) is 0 Å². The van der Waals surface area contributed by atoms with E-state index in [-0.39, 0.29) is 18.1 Å². The normalized spacial score (nSPS) is 12.8. The first-order chi connectivity index (χ1) is 13.2. The number of carbonyl (C=O) groups excluding carboxylic acids is 1. The second-order valence-corrected chi connectivity index (χ2v) is 6.64.